The van der Waals surface area contributed by atoms with Crippen LogP contribution < -0.4 is 14.4 Å². The first-order valence-corrected chi connectivity index (χ1v) is 9.01. The van der Waals surface area contributed by atoms with Crippen molar-refractivity contribution in [2.75, 3.05) is 11.7 Å². The van der Waals surface area contributed by atoms with Gasteiger partial charge in [0.1, 0.15) is 0 Å². The van der Waals surface area contributed by atoms with Gasteiger partial charge in [-0.15, -0.1) is 0 Å². The summed E-state index contributed by atoms with van der Waals surface area (Å²) in [6, 6.07) is 15.3. The number of rotatable bonds is 3. The Hall–Kier alpha value is -3.28. The number of nitrogens with zero attached hydrogens (tertiary/aromatic N) is 2. The highest BCUT2D eigenvalue weighted by molar-refractivity contribution is 6.10. The fourth-order valence-electron chi connectivity index (χ4n) is 3.86. The lowest BCUT2D eigenvalue weighted by atomic mass is 9.94. The van der Waals surface area contributed by atoms with E-state index in [0.717, 1.165) is 28.3 Å². The first-order valence-electron chi connectivity index (χ1n) is 9.01. The monoisotopic (exact) mass is 361 g/mol. The fourth-order valence-corrected chi connectivity index (χ4v) is 3.86. The Bertz CT molecular complexity index is 1030. The number of amides is 1. The molecule has 0 saturated carbocycles. The fraction of sp³-hybridized carbons (Fsp3) is 0.238. The van der Waals surface area contributed by atoms with E-state index in [0.29, 0.717) is 11.4 Å². The molecule has 2 aliphatic heterocycles. The maximum atomic E-state index is 13.2. The number of fused-ring (bicyclic) bond motifs is 2. The van der Waals surface area contributed by atoms with Crippen molar-refractivity contribution in [1.29, 1.82) is 0 Å². The van der Waals surface area contributed by atoms with Gasteiger partial charge in [0, 0.05) is 16.9 Å². The third kappa shape index (κ3) is 2.33. The second-order valence-electron chi connectivity index (χ2n) is 7.08. The molecule has 0 spiro atoms. The molecule has 0 fully saturated rings. The zero-order valence-corrected chi connectivity index (χ0v) is 15.1. The van der Waals surface area contributed by atoms with E-state index in [1.807, 2.05) is 53.4 Å². The van der Waals surface area contributed by atoms with Gasteiger partial charge in [-0.3, -0.25) is 14.8 Å². The van der Waals surface area contributed by atoms with Crippen LogP contribution in [-0.2, 0) is 0 Å². The van der Waals surface area contributed by atoms with E-state index in [1.165, 1.54) is 0 Å². The summed E-state index contributed by atoms with van der Waals surface area (Å²) in [5, 5.41) is 7.43. The molecule has 2 aliphatic rings. The molecule has 3 heterocycles. The number of anilines is 1. The van der Waals surface area contributed by atoms with E-state index in [1.54, 1.807) is 0 Å². The minimum atomic E-state index is -0.263. The molecule has 2 aromatic carbocycles. The Balaban J connectivity index is 1.71. The largest absolute Gasteiger partial charge is 0.454 e. The summed E-state index contributed by atoms with van der Waals surface area (Å²) in [5.41, 5.74) is 4.23. The van der Waals surface area contributed by atoms with Crippen LogP contribution in [0.4, 0.5) is 5.69 Å². The molecule has 1 unspecified atom stereocenters. The number of hydrogen-bond acceptors (Lipinski definition) is 4. The molecule has 5 rings (SSSR count). The lowest BCUT2D eigenvalue weighted by Gasteiger charge is -2.27. The van der Waals surface area contributed by atoms with E-state index >= 15 is 0 Å². The number of ether oxygens (including phenoxy) is 2. The second-order valence-corrected chi connectivity index (χ2v) is 7.08. The molecule has 27 heavy (non-hydrogen) atoms. The first kappa shape index (κ1) is 15.9. The van der Waals surface area contributed by atoms with Gasteiger partial charge in [-0.05, 0) is 35.7 Å². The van der Waals surface area contributed by atoms with E-state index in [9.17, 15) is 4.79 Å². The quantitative estimate of drug-likeness (QED) is 0.765. The van der Waals surface area contributed by atoms with Crippen LogP contribution >= 0.6 is 0 Å². The first-order chi connectivity index (χ1) is 13.1. The average molecular weight is 361 g/mol. The molecule has 1 aromatic heterocycles. The van der Waals surface area contributed by atoms with Crippen LogP contribution in [0.15, 0.2) is 48.5 Å². The molecule has 0 aliphatic carbocycles. The van der Waals surface area contributed by atoms with Crippen molar-refractivity contribution in [3.63, 3.8) is 0 Å². The summed E-state index contributed by atoms with van der Waals surface area (Å²) in [6.07, 6.45) is 0. The third-order valence-corrected chi connectivity index (χ3v) is 5.11. The SMILES string of the molecule is CC(C)c1[nH]nc2c1C(c1ccc3c(c1)OCO3)N(c1ccccc1)C2=O. The van der Waals surface area contributed by atoms with Gasteiger partial charge in [0.25, 0.3) is 5.91 Å². The van der Waals surface area contributed by atoms with Crippen molar-refractivity contribution >= 4 is 11.6 Å². The normalized spacial score (nSPS) is 17.7. The predicted octanol–water partition coefficient (Wildman–Crippen LogP) is 4.01. The lowest BCUT2D eigenvalue weighted by Crippen LogP contribution is -2.29. The van der Waals surface area contributed by atoms with Gasteiger partial charge in [-0.1, -0.05) is 38.1 Å². The van der Waals surface area contributed by atoms with Crippen LogP contribution in [0, 0.1) is 0 Å². The molecule has 0 saturated heterocycles. The average Bonchev–Trinajstić information content (AvgIpc) is 3.37. The maximum absolute atomic E-state index is 13.2. The van der Waals surface area contributed by atoms with Crippen molar-refractivity contribution in [1.82, 2.24) is 10.2 Å². The number of aromatic nitrogens is 2. The molecule has 1 atom stereocenters. The molecule has 0 radical (unpaired) electrons. The van der Waals surface area contributed by atoms with Crippen LogP contribution in [-0.4, -0.2) is 22.9 Å². The number of carbonyl (C=O) groups excluding carboxylic acids is 1. The van der Waals surface area contributed by atoms with Crippen LogP contribution in [0.1, 0.15) is 53.1 Å². The Morgan fingerprint density at radius 1 is 1.11 bits per heavy atom. The minimum Gasteiger partial charge on any atom is -0.454 e. The highest BCUT2D eigenvalue weighted by atomic mass is 16.7. The summed E-state index contributed by atoms with van der Waals surface area (Å²) in [4.78, 5) is 15.1. The molecule has 3 aromatic rings. The van der Waals surface area contributed by atoms with Gasteiger partial charge < -0.3 is 9.47 Å². The maximum Gasteiger partial charge on any atom is 0.280 e. The Morgan fingerprint density at radius 3 is 2.67 bits per heavy atom. The number of nitrogens with one attached hydrogen (secondary N) is 1. The summed E-state index contributed by atoms with van der Waals surface area (Å²) in [5.74, 6) is 1.56. The Kier molecular flexibility index (Phi) is 3.47. The number of H-pyrrole nitrogens is 1. The molecular weight excluding hydrogens is 342 g/mol. The topological polar surface area (TPSA) is 67.5 Å². The summed E-state index contributed by atoms with van der Waals surface area (Å²) < 4.78 is 11.0. The molecule has 1 amide bonds. The van der Waals surface area contributed by atoms with Crippen molar-refractivity contribution in [3.8, 4) is 11.5 Å². The standard InChI is InChI=1S/C21H19N3O3/c1-12(2)18-17-19(23-22-18)21(25)24(14-6-4-3-5-7-14)20(17)13-8-9-15-16(10-13)27-11-26-15/h3-10,12,20H,11H2,1-2H3,(H,22,23). The summed E-state index contributed by atoms with van der Waals surface area (Å²) in [6.45, 7) is 4.42. The Morgan fingerprint density at radius 2 is 1.89 bits per heavy atom. The Labute approximate surface area is 156 Å². The number of para-hydroxylation sites is 1. The molecule has 6 nitrogen and oxygen atoms in total. The zero-order chi connectivity index (χ0) is 18.5. The number of hydrogen-bond donors (Lipinski definition) is 1. The van der Waals surface area contributed by atoms with Gasteiger partial charge in [-0.2, -0.15) is 5.10 Å². The van der Waals surface area contributed by atoms with Crippen LogP contribution in [0.25, 0.3) is 0 Å². The highest BCUT2D eigenvalue weighted by Crippen LogP contribution is 2.46. The van der Waals surface area contributed by atoms with Crippen molar-refractivity contribution < 1.29 is 14.3 Å². The zero-order valence-electron chi connectivity index (χ0n) is 15.1. The van der Waals surface area contributed by atoms with Crippen LogP contribution in [0.5, 0.6) is 11.5 Å². The number of benzene rings is 2. The van der Waals surface area contributed by atoms with Crippen molar-refractivity contribution in [3.05, 3.63) is 71.0 Å². The van der Waals surface area contributed by atoms with Crippen molar-refractivity contribution in [2.24, 2.45) is 0 Å². The van der Waals surface area contributed by atoms with E-state index in [-0.39, 0.29) is 24.7 Å². The van der Waals surface area contributed by atoms with Gasteiger partial charge >= 0.3 is 0 Å². The van der Waals surface area contributed by atoms with E-state index in [4.69, 9.17) is 9.47 Å². The van der Waals surface area contributed by atoms with Gasteiger partial charge in [0.2, 0.25) is 6.79 Å². The minimum absolute atomic E-state index is 0.0954. The molecule has 136 valence electrons. The smallest absolute Gasteiger partial charge is 0.280 e. The third-order valence-electron chi connectivity index (χ3n) is 5.11. The molecular formula is C21H19N3O3. The van der Waals surface area contributed by atoms with Crippen LogP contribution in [0.2, 0.25) is 0 Å². The lowest BCUT2D eigenvalue weighted by molar-refractivity contribution is 0.0988. The van der Waals surface area contributed by atoms with Gasteiger partial charge in [0.15, 0.2) is 17.2 Å². The predicted molar refractivity (Wildman–Crippen MR) is 100 cm³/mol. The molecule has 6 heteroatoms. The summed E-state index contributed by atoms with van der Waals surface area (Å²) in [7, 11) is 0. The molecule has 1 N–H and O–H groups in total. The second kappa shape index (κ2) is 5.87. The van der Waals surface area contributed by atoms with Gasteiger partial charge in [-0.25, -0.2) is 0 Å². The number of carbonyl (C=O) groups is 1. The summed E-state index contributed by atoms with van der Waals surface area (Å²) >= 11 is 0. The molecule has 0 bridgehead atoms. The van der Waals surface area contributed by atoms with Gasteiger partial charge in [0.05, 0.1) is 6.04 Å². The number of aromatic amines is 1. The van der Waals surface area contributed by atoms with E-state index < -0.39 is 0 Å². The van der Waals surface area contributed by atoms with Crippen LogP contribution in [0.3, 0.4) is 0 Å². The highest BCUT2D eigenvalue weighted by Gasteiger charge is 2.43. The van der Waals surface area contributed by atoms with Crippen molar-refractivity contribution in [2.45, 2.75) is 25.8 Å². The van der Waals surface area contributed by atoms with E-state index in [2.05, 4.69) is 24.0 Å².